The molecule has 1 heterocycles. The SMILES string of the molecule is CCN(CC)CCN1CCCC1=O. The third-order valence-corrected chi connectivity index (χ3v) is 2.75. The van der Waals surface area contributed by atoms with E-state index in [1.165, 1.54) is 0 Å². The van der Waals surface area contributed by atoms with E-state index >= 15 is 0 Å². The lowest BCUT2D eigenvalue weighted by atomic mass is 10.4. The van der Waals surface area contributed by atoms with E-state index in [2.05, 4.69) is 18.7 Å². The first-order valence-corrected chi connectivity index (χ1v) is 5.28. The highest BCUT2D eigenvalue weighted by molar-refractivity contribution is 5.78. The number of hydrogen-bond donors (Lipinski definition) is 0. The van der Waals surface area contributed by atoms with Crippen LogP contribution in [-0.2, 0) is 4.79 Å². The molecule has 1 saturated heterocycles. The van der Waals surface area contributed by atoms with Crippen LogP contribution in [0.15, 0.2) is 0 Å². The van der Waals surface area contributed by atoms with Crippen LogP contribution < -0.4 is 0 Å². The van der Waals surface area contributed by atoms with E-state index in [0.717, 1.165) is 45.6 Å². The first-order valence-electron chi connectivity index (χ1n) is 5.28. The van der Waals surface area contributed by atoms with E-state index in [9.17, 15) is 4.79 Å². The van der Waals surface area contributed by atoms with Crippen molar-refractivity contribution in [2.24, 2.45) is 0 Å². The fourth-order valence-corrected chi connectivity index (χ4v) is 1.74. The highest BCUT2D eigenvalue weighted by atomic mass is 16.2. The average Bonchev–Trinajstić information content (AvgIpc) is 2.54. The van der Waals surface area contributed by atoms with Gasteiger partial charge in [0.05, 0.1) is 0 Å². The zero-order valence-corrected chi connectivity index (χ0v) is 8.75. The molecule has 0 radical (unpaired) electrons. The highest BCUT2D eigenvalue weighted by Gasteiger charge is 2.19. The molecule has 1 aliphatic rings. The van der Waals surface area contributed by atoms with Crippen molar-refractivity contribution in [2.75, 3.05) is 32.7 Å². The van der Waals surface area contributed by atoms with Gasteiger partial charge in [0.25, 0.3) is 0 Å². The molecular formula is C10H20N2O. The van der Waals surface area contributed by atoms with E-state index in [1.807, 2.05) is 4.90 Å². The Morgan fingerprint density at radius 2 is 2.08 bits per heavy atom. The standard InChI is InChI=1S/C10H20N2O/c1-3-11(4-2)8-9-12-7-5-6-10(12)13/h3-9H2,1-2H3. The summed E-state index contributed by atoms with van der Waals surface area (Å²) >= 11 is 0. The Labute approximate surface area is 80.7 Å². The minimum absolute atomic E-state index is 0.340. The van der Waals surface area contributed by atoms with Gasteiger partial charge in [-0.2, -0.15) is 0 Å². The summed E-state index contributed by atoms with van der Waals surface area (Å²) in [5.41, 5.74) is 0. The third kappa shape index (κ3) is 2.99. The van der Waals surface area contributed by atoms with Crippen LogP contribution in [-0.4, -0.2) is 48.4 Å². The van der Waals surface area contributed by atoms with Crippen LogP contribution in [0.4, 0.5) is 0 Å². The van der Waals surface area contributed by atoms with Crippen molar-refractivity contribution in [3.8, 4) is 0 Å². The molecule has 1 fully saturated rings. The second-order valence-corrected chi connectivity index (χ2v) is 3.51. The van der Waals surface area contributed by atoms with Gasteiger partial charge in [-0.1, -0.05) is 13.8 Å². The van der Waals surface area contributed by atoms with Gasteiger partial charge in [0, 0.05) is 26.1 Å². The Bertz CT molecular complexity index is 166. The summed E-state index contributed by atoms with van der Waals surface area (Å²) in [4.78, 5) is 15.6. The Morgan fingerprint density at radius 3 is 2.54 bits per heavy atom. The van der Waals surface area contributed by atoms with Gasteiger partial charge in [0.1, 0.15) is 0 Å². The van der Waals surface area contributed by atoms with Crippen molar-refractivity contribution in [3.05, 3.63) is 0 Å². The lowest BCUT2D eigenvalue weighted by Gasteiger charge is -2.22. The molecule has 0 aromatic rings. The van der Waals surface area contributed by atoms with Gasteiger partial charge in [0.15, 0.2) is 0 Å². The van der Waals surface area contributed by atoms with E-state index in [1.54, 1.807) is 0 Å². The minimum atomic E-state index is 0.340. The molecule has 1 rings (SSSR count). The molecule has 0 aromatic heterocycles. The smallest absolute Gasteiger partial charge is 0.222 e. The lowest BCUT2D eigenvalue weighted by Crippen LogP contribution is -2.35. The molecule has 76 valence electrons. The zero-order chi connectivity index (χ0) is 9.68. The quantitative estimate of drug-likeness (QED) is 0.635. The van der Waals surface area contributed by atoms with E-state index < -0.39 is 0 Å². The third-order valence-electron chi connectivity index (χ3n) is 2.75. The van der Waals surface area contributed by atoms with E-state index in [4.69, 9.17) is 0 Å². The van der Waals surface area contributed by atoms with Crippen LogP contribution in [0, 0.1) is 0 Å². The largest absolute Gasteiger partial charge is 0.341 e. The molecule has 0 bridgehead atoms. The summed E-state index contributed by atoms with van der Waals surface area (Å²) in [6, 6.07) is 0. The summed E-state index contributed by atoms with van der Waals surface area (Å²) in [6.07, 6.45) is 1.81. The Hall–Kier alpha value is -0.570. The Kier molecular flexibility index (Phi) is 4.22. The van der Waals surface area contributed by atoms with Crippen molar-refractivity contribution in [3.63, 3.8) is 0 Å². The molecule has 1 amide bonds. The monoisotopic (exact) mass is 184 g/mol. The number of nitrogens with zero attached hydrogens (tertiary/aromatic N) is 2. The van der Waals surface area contributed by atoms with Gasteiger partial charge in [-0.25, -0.2) is 0 Å². The van der Waals surface area contributed by atoms with Gasteiger partial charge in [-0.3, -0.25) is 4.79 Å². The van der Waals surface area contributed by atoms with Crippen LogP contribution in [0.5, 0.6) is 0 Å². The number of amides is 1. The van der Waals surface area contributed by atoms with E-state index in [0.29, 0.717) is 5.91 Å². The minimum Gasteiger partial charge on any atom is -0.341 e. The number of likely N-dealkylation sites (tertiary alicyclic amines) is 1. The molecule has 0 aromatic carbocycles. The molecule has 0 saturated carbocycles. The lowest BCUT2D eigenvalue weighted by molar-refractivity contribution is -0.127. The second kappa shape index (κ2) is 5.22. The number of rotatable bonds is 5. The molecule has 0 atom stereocenters. The maximum Gasteiger partial charge on any atom is 0.222 e. The van der Waals surface area contributed by atoms with Crippen molar-refractivity contribution >= 4 is 5.91 Å². The van der Waals surface area contributed by atoms with Gasteiger partial charge in [-0.05, 0) is 19.5 Å². The molecule has 3 nitrogen and oxygen atoms in total. The van der Waals surface area contributed by atoms with Crippen LogP contribution in [0.2, 0.25) is 0 Å². The molecule has 3 heteroatoms. The predicted molar refractivity (Wildman–Crippen MR) is 53.6 cm³/mol. The van der Waals surface area contributed by atoms with Crippen molar-refractivity contribution in [2.45, 2.75) is 26.7 Å². The van der Waals surface area contributed by atoms with Crippen molar-refractivity contribution < 1.29 is 4.79 Å². The number of likely N-dealkylation sites (N-methyl/N-ethyl adjacent to an activating group) is 1. The first kappa shape index (κ1) is 10.5. The topological polar surface area (TPSA) is 23.6 Å². The summed E-state index contributed by atoms with van der Waals surface area (Å²) in [6.45, 7) is 9.40. The molecule has 0 N–H and O–H groups in total. The normalized spacial score (nSPS) is 17.5. The van der Waals surface area contributed by atoms with Gasteiger partial charge >= 0.3 is 0 Å². The maximum atomic E-state index is 11.3. The molecule has 0 unspecified atom stereocenters. The number of carbonyl (C=O) groups is 1. The summed E-state index contributed by atoms with van der Waals surface area (Å²) in [5.74, 6) is 0.340. The second-order valence-electron chi connectivity index (χ2n) is 3.51. The Morgan fingerprint density at radius 1 is 1.38 bits per heavy atom. The fraction of sp³-hybridized carbons (Fsp3) is 0.900. The summed E-state index contributed by atoms with van der Waals surface area (Å²) in [7, 11) is 0. The van der Waals surface area contributed by atoms with Crippen LogP contribution >= 0.6 is 0 Å². The van der Waals surface area contributed by atoms with Crippen molar-refractivity contribution in [1.29, 1.82) is 0 Å². The number of hydrogen-bond acceptors (Lipinski definition) is 2. The fourth-order valence-electron chi connectivity index (χ4n) is 1.74. The maximum absolute atomic E-state index is 11.3. The molecule has 13 heavy (non-hydrogen) atoms. The van der Waals surface area contributed by atoms with Crippen LogP contribution in [0.3, 0.4) is 0 Å². The van der Waals surface area contributed by atoms with Gasteiger partial charge < -0.3 is 9.80 Å². The van der Waals surface area contributed by atoms with Gasteiger partial charge in [0.2, 0.25) is 5.91 Å². The average molecular weight is 184 g/mol. The van der Waals surface area contributed by atoms with Crippen LogP contribution in [0.25, 0.3) is 0 Å². The van der Waals surface area contributed by atoms with Crippen LogP contribution in [0.1, 0.15) is 26.7 Å². The zero-order valence-electron chi connectivity index (χ0n) is 8.75. The predicted octanol–water partition coefficient (Wildman–Crippen LogP) is 0.951. The van der Waals surface area contributed by atoms with Crippen molar-refractivity contribution in [1.82, 2.24) is 9.80 Å². The molecule has 0 aliphatic carbocycles. The first-order chi connectivity index (χ1) is 6.27. The van der Waals surface area contributed by atoms with Gasteiger partial charge in [-0.15, -0.1) is 0 Å². The highest BCUT2D eigenvalue weighted by Crippen LogP contribution is 2.08. The molecule has 1 aliphatic heterocycles. The molecule has 0 spiro atoms. The Balaban J connectivity index is 2.20. The van der Waals surface area contributed by atoms with E-state index in [-0.39, 0.29) is 0 Å². The number of carbonyl (C=O) groups excluding carboxylic acids is 1. The molecular weight excluding hydrogens is 164 g/mol. The summed E-state index contributed by atoms with van der Waals surface area (Å²) in [5, 5.41) is 0. The summed E-state index contributed by atoms with van der Waals surface area (Å²) < 4.78 is 0.